The van der Waals surface area contributed by atoms with Crippen molar-refractivity contribution in [3.8, 4) is 11.5 Å². The van der Waals surface area contributed by atoms with Crippen LogP contribution in [0.4, 0.5) is 5.82 Å². The number of rotatable bonds is 7. The maximum atomic E-state index is 12.9. The number of piperidine rings is 1. The number of anilines is 1. The Balaban J connectivity index is 1.58. The lowest BCUT2D eigenvalue weighted by atomic mass is 9.95. The first-order valence-electron chi connectivity index (χ1n) is 9.96. The molecular weight excluding hydrogens is 382 g/mol. The van der Waals surface area contributed by atoms with Crippen molar-refractivity contribution in [1.82, 2.24) is 9.88 Å². The standard InChI is InChI=1S/C23H27N3O4/c1-4-13-30-19-6-5-18(15-20(19)29-3)23(28)26-11-8-17(9-12-26)22(27)25-21-14-16(2)7-10-24-21/h4-7,10,14-15,17H,1,8-9,11-13H2,2-3H3,(H,24,25,27). The quantitative estimate of drug-likeness (QED) is 0.709. The van der Waals surface area contributed by atoms with Crippen molar-refractivity contribution >= 4 is 17.6 Å². The Morgan fingerprint density at radius 2 is 2.00 bits per heavy atom. The smallest absolute Gasteiger partial charge is 0.253 e. The molecule has 2 aromatic rings. The molecule has 3 rings (SSSR count). The molecule has 1 fully saturated rings. The van der Waals surface area contributed by atoms with E-state index in [1.54, 1.807) is 35.4 Å². The number of pyridine rings is 1. The molecule has 2 amide bonds. The number of amides is 2. The molecule has 0 saturated carbocycles. The van der Waals surface area contributed by atoms with E-state index in [0.717, 1.165) is 5.56 Å². The molecule has 0 atom stereocenters. The molecule has 1 aliphatic rings. The summed E-state index contributed by atoms with van der Waals surface area (Å²) >= 11 is 0. The predicted octanol–water partition coefficient (Wildman–Crippen LogP) is 3.45. The van der Waals surface area contributed by atoms with Crippen molar-refractivity contribution in [2.24, 2.45) is 5.92 Å². The van der Waals surface area contributed by atoms with E-state index in [1.807, 2.05) is 19.1 Å². The first-order chi connectivity index (χ1) is 14.5. The molecule has 0 spiro atoms. The summed E-state index contributed by atoms with van der Waals surface area (Å²) < 4.78 is 10.9. The van der Waals surface area contributed by atoms with Gasteiger partial charge in [0.05, 0.1) is 7.11 Å². The minimum Gasteiger partial charge on any atom is -0.493 e. The topological polar surface area (TPSA) is 80.8 Å². The Bertz CT molecular complexity index is 920. The molecule has 0 radical (unpaired) electrons. The van der Waals surface area contributed by atoms with E-state index in [2.05, 4.69) is 16.9 Å². The first kappa shape index (κ1) is 21.4. The lowest BCUT2D eigenvalue weighted by Crippen LogP contribution is -2.41. The molecule has 1 saturated heterocycles. The maximum Gasteiger partial charge on any atom is 0.253 e. The molecule has 0 unspecified atom stereocenters. The van der Waals surface area contributed by atoms with Crippen LogP contribution in [0.3, 0.4) is 0 Å². The normalized spacial score (nSPS) is 14.1. The van der Waals surface area contributed by atoms with Gasteiger partial charge in [-0.15, -0.1) is 0 Å². The number of methoxy groups -OCH3 is 1. The summed E-state index contributed by atoms with van der Waals surface area (Å²) in [5.41, 5.74) is 1.57. The zero-order valence-electron chi connectivity index (χ0n) is 17.4. The number of nitrogens with one attached hydrogen (secondary N) is 1. The van der Waals surface area contributed by atoms with Crippen LogP contribution < -0.4 is 14.8 Å². The highest BCUT2D eigenvalue weighted by Crippen LogP contribution is 2.29. The summed E-state index contributed by atoms with van der Waals surface area (Å²) in [6, 6.07) is 8.86. The van der Waals surface area contributed by atoms with Crippen LogP contribution >= 0.6 is 0 Å². The summed E-state index contributed by atoms with van der Waals surface area (Å²) in [5.74, 6) is 1.36. The largest absolute Gasteiger partial charge is 0.493 e. The zero-order chi connectivity index (χ0) is 21.5. The third-order valence-electron chi connectivity index (χ3n) is 5.09. The lowest BCUT2D eigenvalue weighted by Gasteiger charge is -2.31. The van der Waals surface area contributed by atoms with Crippen molar-refractivity contribution in [1.29, 1.82) is 0 Å². The fourth-order valence-electron chi connectivity index (χ4n) is 3.43. The average Bonchev–Trinajstić information content (AvgIpc) is 2.77. The summed E-state index contributed by atoms with van der Waals surface area (Å²) in [6.45, 7) is 6.98. The van der Waals surface area contributed by atoms with Crippen molar-refractivity contribution in [3.05, 3.63) is 60.3 Å². The van der Waals surface area contributed by atoms with E-state index in [9.17, 15) is 9.59 Å². The number of nitrogens with zero attached hydrogens (tertiary/aromatic N) is 2. The second-order valence-electron chi connectivity index (χ2n) is 7.24. The van der Waals surface area contributed by atoms with Crippen LogP contribution in [0, 0.1) is 12.8 Å². The Morgan fingerprint density at radius 1 is 1.23 bits per heavy atom. The molecule has 0 aliphatic carbocycles. The number of hydrogen-bond donors (Lipinski definition) is 1. The number of likely N-dealkylation sites (tertiary alicyclic amines) is 1. The molecular formula is C23H27N3O4. The van der Waals surface area contributed by atoms with Crippen LogP contribution in [-0.2, 0) is 4.79 Å². The molecule has 7 nitrogen and oxygen atoms in total. The SMILES string of the molecule is C=CCOc1ccc(C(=O)N2CCC(C(=O)Nc3cc(C)ccn3)CC2)cc1OC. The maximum absolute atomic E-state index is 12.9. The van der Waals surface area contributed by atoms with Gasteiger partial charge in [0, 0.05) is 30.8 Å². The van der Waals surface area contributed by atoms with Crippen LogP contribution in [0.5, 0.6) is 11.5 Å². The van der Waals surface area contributed by atoms with Crippen molar-refractivity contribution in [2.45, 2.75) is 19.8 Å². The number of aryl methyl sites for hydroxylation is 1. The summed E-state index contributed by atoms with van der Waals surface area (Å²) in [5, 5.41) is 2.88. The molecule has 1 N–H and O–H groups in total. The van der Waals surface area contributed by atoms with E-state index < -0.39 is 0 Å². The van der Waals surface area contributed by atoms with E-state index >= 15 is 0 Å². The van der Waals surface area contributed by atoms with Gasteiger partial charge in [0.2, 0.25) is 5.91 Å². The van der Waals surface area contributed by atoms with Crippen LogP contribution in [0.15, 0.2) is 49.2 Å². The van der Waals surface area contributed by atoms with Crippen molar-refractivity contribution in [2.75, 3.05) is 32.1 Å². The van der Waals surface area contributed by atoms with Gasteiger partial charge in [0.25, 0.3) is 5.91 Å². The second kappa shape index (κ2) is 9.91. The van der Waals surface area contributed by atoms with Crippen LogP contribution in [0.25, 0.3) is 0 Å². The number of benzene rings is 1. The lowest BCUT2D eigenvalue weighted by molar-refractivity contribution is -0.121. The molecule has 158 valence electrons. The van der Waals surface area contributed by atoms with Gasteiger partial charge in [-0.3, -0.25) is 9.59 Å². The van der Waals surface area contributed by atoms with Gasteiger partial charge >= 0.3 is 0 Å². The summed E-state index contributed by atoms with van der Waals surface area (Å²) in [6.07, 6.45) is 4.55. The molecule has 7 heteroatoms. The summed E-state index contributed by atoms with van der Waals surface area (Å²) in [7, 11) is 1.54. The second-order valence-corrected chi connectivity index (χ2v) is 7.24. The highest BCUT2D eigenvalue weighted by Gasteiger charge is 2.28. The number of ether oxygens (including phenoxy) is 2. The average molecular weight is 409 g/mol. The Morgan fingerprint density at radius 3 is 2.67 bits per heavy atom. The predicted molar refractivity (Wildman–Crippen MR) is 115 cm³/mol. The molecule has 1 aliphatic heterocycles. The molecule has 1 aromatic heterocycles. The molecule has 2 heterocycles. The van der Waals surface area contributed by atoms with Gasteiger partial charge in [-0.05, 0) is 55.7 Å². The van der Waals surface area contributed by atoms with E-state index in [4.69, 9.17) is 9.47 Å². The van der Waals surface area contributed by atoms with Crippen molar-refractivity contribution in [3.63, 3.8) is 0 Å². The van der Waals surface area contributed by atoms with E-state index in [0.29, 0.717) is 55.4 Å². The van der Waals surface area contributed by atoms with Gasteiger partial charge in [0.1, 0.15) is 12.4 Å². The third-order valence-corrected chi connectivity index (χ3v) is 5.09. The Hall–Kier alpha value is -3.35. The van der Waals surface area contributed by atoms with Gasteiger partial charge in [-0.2, -0.15) is 0 Å². The monoisotopic (exact) mass is 409 g/mol. The van der Waals surface area contributed by atoms with E-state index in [-0.39, 0.29) is 17.7 Å². The Labute approximate surface area is 176 Å². The fraction of sp³-hybridized carbons (Fsp3) is 0.348. The third kappa shape index (κ3) is 5.17. The molecule has 0 bridgehead atoms. The number of carbonyl (C=O) groups is 2. The molecule has 1 aromatic carbocycles. The summed E-state index contributed by atoms with van der Waals surface area (Å²) in [4.78, 5) is 31.4. The minimum absolute atomic E-state index is 0.0504. The van der Waals surface area contributed by atoms with Gasteiger partial charge < -0.3 is 19.7 Å². The number of aromatic nitrogens is 1. The fourth-order valence-corrected chi connectivity index (χ4v) is 3.43. The van der Waals surface area contributed by atoms with Gasteiger partial charge in [-0.1, -0.05) is 12.7 Å². The zero-order valence-corrected chi connectivity index (χ0v) is 17.4. The van der Waals surface area contributed by atoms with Gasteiger partial charge in [-0.25, -0.2) is 4.98 Å². The molecule has 30 heavy (non-hydrogen) atoms. The van der Waals surface area contributed by atoms with Gasteiger partial charge in [0.15, 0.2) is 11.5 Å². The highest BCUT2D eigenvalue weighted by atomic mass is 16.5. The first-order valence-corrected chi connectivity index (χ1v) is 9.96. The number of hydrogen-bond acceptors (Lipinski definition) is 5. The minimum atomic E-state index is -0.138. The highest BCUT2D eigenvalue weighted by molar-refractivity contribution is 5.95. The Kier molecular flexibility index (Phi) is 7.06. The van der Waals surface area contributed by atoms with Crippen molar-refractivity contribution < 1.29 is 19.1 Å². The van der Waals surface area contributed by atoms with Crippen LogP contribution in [-0.4, -0.2) is 48.5 Å². The van der Waals surface area contributed by atoms with E-state index in [1.165, 1.54) is 7.11 Å². The number of carbonyl (C=O) groups excluding carboxylic acids is 2. The van der Waals surface area contributed by atoms with Crippen LogP contribution in [0.2, 0.25) is 0 Å². The van der Waals surface area contributed by atoms with Crippen LogP contribution in [0.1, 0.15) is 28.8 Å².